The van der Waals surface area contributed by atoms with Gasteiger partial charge in [-0.05, 0) is 69.7 Å². The van der Waals surface area contributed by atoms with Gasteiger partial charge in [0, 0.05) is 17.3 Å². The third kappa shape index (κ3) is 8.39. The zero-order valence-corrected chi connectivity index (χ0v) is 30.6. The van der Waals surface area contributed by atoms with Crippen LogP contribution in [-0.4, -0.2) is 59.8 Å². The SMILES string of the molecule is CC.COC(=O)C(C)(NC(=O)OC(C)(C)C)c1ccc(Nc2nc(-c3c(F)cccc3F)nc3c2C(=O)N(Cc2ccc(OC)cc2OC)C3)cc1. The Hall–Kier alpha value is -5.79. The molecule has 0 saturated carbocycles. The van der Waals surface area contributed by atoms with Crippen molar-refractivity contribution in [2.24, 2.45) is 0 Å². The number of esters is 1. The van der Waals surface area contributed by atoms with Crippen LogP contribution in [0, 0.1) is 11.6 Å². The molecule has 0 aliphatic carbocycles. The van der Waals surface area contributed by atoms with Gasteiger partial charge in [0.25, 0.3) is 5.91 Å². The van der Waals surface area contributed by atoms with E-state index in [0.717, 1.165) is 12.1 Å². The van der Waals surface area contributed by atoms with E-state index in [2.05, 4.69) is 20.6 Å². The van der Waals surface area contributed by atoms with E-state index >= 15 is 0 Å². The lowest BCUT2D eigenvalue weighted by Gasteiger charge is -2.30. The zero-order chi connectivity index (χ0) is 38.4. The van der Waals surface area contributed by atoms with E-state index in [1.54, 1.807) is 63.2 Å². The summed E-state index contributed by atoms with van der Waals surface area (Å²) in [6.45, 7) is 10.7. The maximum Gasteiger partial charge on any atom is 0.408 e. The van der Waals surface area contributed by atoms with Crippen LogP contribution in [0.25, 0.3) is 11.4 Å². The number of aromatic nitrogens is 2. The number of hydrogen-bond donors (Lipinski definition) is 2. The Morgan fingerprint density at radius 1 is 0.885 bits per heavy atom. The summed E-state index contributed by atoms with van der Waals surface area (Å²) >= 11 is 0. The Bertz CT molecular complexity index is 1930. The highest BCUT2D eigenvalue weighted by Crippen LogP contribution is 2.36. The molecule has 1 unspecified atom stereocenters. The van der Waals surface area contributed by atoms with Gasteiger partial charge in [0.15, 0.2) is 11.4 Å². The third-order valence-electron chi connectivity index (χ3n) is 7.94. The smallest absolute Gasteiger partial charge is 0.408 e. The quantitative estimate of drug-likeness (QED) is 0.161. The van der Waals surface area contributed by atoms with Crippen LogP contribution in [0.3, 0.4) is 0 Å². The fourth-order valence-corrected chi connectivity index (χ4v) is 5.46. The molecular weight excluding hydrogens is 676 g/mol. The first-order chi connectivity index (χ1) is 24.7. The van der Waals surface area contributed by atoms with E-state index in [4.69, 9.17) is 18.9 Å². The summed E-state index contributed by atoms with van der Waals surface area (Å²) in [5.41, 5.74) is -1.05. The average Bonchev–Trinajstić information content (AvgIpc) is 3.42. The molecule has 1 aliphatic rings. The topological polar surface area (TPSA) is 141 Å². The normalized spacial score (nSPS) is 13.2. The molecule has 2 heterocycles. The van der Waals surface area contributed by atoms with Crippen molar-refractivity contribution in [3.8, 4) is 22.9 Å². The van der Waals surface area contributed by atoms with E-state index in [1.807, 2.05) is 13.8 Å². The molecule has 2 amide bonds. The van der Waals surface area contributed by atoms with Gasteiger partial charge in [-0.15, -0.1) is 0 Å². The summed E-state index contributed by atoms with van der Waals surface area (Å²) in [7, 11) is 4.24. The Balaban J connectivity index is 0.00000297. The van der Waals surface area contributed by atoms with Crippen LogP contribution in [0.15, 0.2) is 60.7 Å². The predicted molar refractivity (Wildman–Crippen MR) is 190 cm³/mol. The van der Waals surface area contributed by atoms with Gasteiger partial charge in [-0.1, -0.05) is 32.0 Å². The second kappa shape index (κ2) is 16.0. The molecular formula is C38H43F2N5O7. The van der Waals surface area contributed by atoms with Crippen LogP contribution >= 0.6 is 0 Å². The number of alkyl carbamates (subject to hydrolysis) is 1. The predicted octanol–water partition coefficient (Wildman–Crippen LogP) is 7.28. The Morgan fingerprint density at radius 3 is 2.12 bits per heavy atom. The number of ether oxygens (including phenoxy) is 4. The zero-order valence-electron chi connectivity index (χ0n) is 30.6. The number of amides is 2. The highest BCUT2D eigenvalue weighted by Gasteiger charge is 2.40. The largest absolute Gasteiger partial charge is 0.497 e. The number of nitrogens with one attached hydrogen (secondary N) is 2. The Kier molecular flexibility index (Phi) is 12.0. The van der Waals surface area contributed by atoms with Gasteiger partial charge in [-0.3, -0.25) is 4.79 Å². The van der Waals surface area contributed by atoms with Gasteiger partial charge in [0.1, 0.15) is 40.1 Å². The summed E-state index contributed by atoms with van der Waals surface area (Å²) < 4.78 is 51.0. The van der Waals surface area contributed by atoms with Crippen molar-refractivity contribution in [3.63, 3.8) is 0 Å². The molecule has 0 bridgehead atoms. The Morgan fingerprint density at radius 2 is 1.54 bits per heavy atom. The average molecular weight is 720 g/mol. The van der Waals surface area contributed by atoms with Gasteiger partial charge in [0.05, 0.1) is 45.7 Å². The van der Waals surface area contributed by atoms with Crippen LogP contribution < -0.4 is 20.1 Å². The fourth-order valence-electron chi connectivity index (χ4n) is 5.46. The number of halogens is 2. The molecule has 0 saturated heterocycles. The number of nitrogens with zero attached hydrogens (tertiary/aromatic N) is 3. The Labute approximate surface area is 301 Å². The van der Waals surface area contributed by atoms with E-state index in [-0.39, 0.29) is 36.0 Å². The molecule has 1 aromatic heterocycles. The standard InChI is InChI=1S/C36H37F2N5O7.C2H6/c1-35(2,3)50-34(46)42-36(4,33(45)49-7)21-12-14-22(15-13-21)39-31-29-26(40-30(41-31)28-24(37)9-8-10-25(28)38)19-43(32(29)44)18-20-11-16-23(47-5)17-27(20)48-6;1-2/h8-17H,18-19H2,1-7H3,(H,42,46)(H,39,40,41);1-2H3. The highest BCUT2D eigenvalue weighted by molar-refractivity contribution is 6.03. The number of fused-ring (bicyclic) bond motifs is 1. The summed E-state index contributed by atoms with van der Waals surface area (Å²) in [5.74, 6) is -2.06. The summed E-state index contributed by atoms with van der Waals surface area (Å²) in [5, 5.41) is 5.67. The van der Waals surface area contributed by atoms with Gasteiger partial charge in [0.2, 0.25) is 0 Å². The monoisotopic (exact) mass is 719 g/mol. The number of carbonyl (C=O) groups is 3. The van der Waals surface area contributed by atoms with Crippen molar-refractivity contribution >= 4 is 29.5 Å². The minimum Gasteiger partial charge on any atom is -0.497 e. The molecule has 276 valence electrons. The van der Waals surface area contributed by atoms with Crippen molar-refractivity contribution in [3.05, 3.63) is 94.7 Å². The van der Waals surface area contributed by atoms with Gasteiger partial charge < -0.3 is 34.5 Å². The van der Waals surface area contributed by atoms with Crippen LogP contribution in [0.4, 0.5) is 25.1 Å². The molecule has 5 rings (SSSR count). The molecule has 4 aromatic rings. The van der Waals surface area contributed by atoms with Crippen molar-refractivity contribution in [1.29, 1.82) is 0 Å². The molecule has 14 heteroatoms. The first-order valence-corrected chi connectivity index (χ1v) is 16.5. The summed E-state index contributed by atoms with van der Waals surface area (Å²) in [4.78, 5) is 49.8. The second-order valence-electron chi connectivity index (χ2n) is 12.6. The van der Waals surface area contributed by atoms with Gasteiger partial charge >= 0.3 is 12.1 Å². The van der Waals surface area contributed by atoms with E-state index in [9.17, 15) is 23.2 Å². The molecule has 0 fully saturated rings. The number of carbonyl (C=O) groups excluding carboxylic acids is 3. The van der Waals surface area contributed by atoms with Crippen LogP contribution in [0.2, 0.25) is 0 Å². The van der Waals surface area contributed by atoms with Crippen molar-refractivity contribution < 1.29 is 42.1 Å². The van der Waals surface area contributed by atoms with E-state index in [1.165, 1.54) is 39.2 Å². The number of methoxy groups -OCH3 is 3. The maximum absolute atomic E-state index is 14.9. The van der Waals surface area contributed by atoms with Crippen molar-refractivity contribution in [2.75, 3.05) is 26.6 Å². The molecule has 1 aliphatic heterocycles. The molecule has 1 atom stereocenters. The summed E-state index contributed by atoms with van der Waals surface area (Å²) in [6.07, 6.45) is -0.826. The van der Waals surface area contributed by atoms with Crippen LogP contribution in [0.5, 0.6) is 11.5 Å². The lowest BCUT2D eigenvalue weighted by molar-refractivity contribution is -0.148. The van der Waals surface area contributed by atoms with Gasteiger partial charge in [-0.2, -0.15) is 0 Å². The molecule has 12 nitrogen and oxygen atoms in total. The second-order valence-corrected chi connectivity index (χ2v) is 12.6. The van der Waals surface area contributed by atoms with Gasteiger partial charge in [-0.25, -0.2) is 28.3 Å². The summed E-state index contributed by atoms with van der Waals surface area (Å²) in [6, 6.07) is 15.0. The molecule has 0 spiro atoms. The molecule has 0 radical (unpaired) electrons. The molecule has 2 N–H and O–H groups in total. The third-order valence-corrected chi connectivity index (χ3v) is 7.94. The first kappa shape index (κ1) is 39.0. The first-order valence-electron chi connectivity index (χ1n) is 16.5. The van der Waals surface area contributed by atoms with Crippen LogP contribution in [0.1, 0.15) is 68.7 Å². The number of benzene rings is 3. The van der Waals surface area contributed by atoms with Crippen LogP contribution in [-0.2, 0) is 32.9 Å². The number of rotatable bonds is 10. The van der Waals surface area contributed by atoms with E-state index < -0.39 is 46.3 Å². The highest BCUT2D eigenvalue weighted by atomic mass is 19.1. The lowest BCUT2D eigenvalue weighted by atomic mass is 9.92. The lowest BCUT2D eigenvalue weighted by Crippen LogP contribution is -2.51. The number of hydrogen-bond acceptors (Lipinski definition) is 10. The van der Waals surface area contributed by atoms with Crippen molar-refractivity contribution in [2.45, 2.75) is 65.8 Å². The minimum atomic E-state index is -1.62. The molecule has 52 heavy (non-hydrogen) atoms. The van der Waals surface area contributed by atoms with E-state index in [0.29, 0.717) is 28.3 Å². The molecule has 3 aromatic carbocycles. The number of anilines is 2. The van der Waals surface area contributed by atoms with Crippen molar-refractivity contribution in [1.82, 2.24) is 20.2 Å². The maximum atomic E-state index is 14.9. The minimum absolute atomic E-state index is 0.0113. The fraction of sp³-hybridized carbons (Fsp3) is 0.342.